The van der Waals surface area contributed by atoms with Gasteiger partial charge < -0.3 is 10.6 Å². The number of nitrogens with zero attached hydrogens (tertiary/aromatic N) is 3. The van der Waals surface area contributed by atoms with Gasteiger partial charge in [0.1, 0.15) is 17.5 Å². The summed E-state index contributed by atoms with van der Waals surface area (Å²) < 4.78 is 0. The minimum Gasteiger partial charge on any atom is -0.383 e. The summed E-state index contributed by atoms with van der Waals surface area (Å²) in [7, 11) is 2.01. The molecule has 5 heteroatoms. The second kappa shape index (κ2) is 5.53. The van der Waals surface area contributed by atoms with Gasteiger partial charge in [-0.1, -0.05) is 29.8 Å². The van der Waals surface area contributed by atoms with Crippen LogP contribution in [0.5, 0.6) is 0 Å². The molecule has 2 N–H and O–H groups in total. The third kappa shape index (κ3) is 2.95. The Morgan fingerprint density at radius 1 is 1.29 bits per heavy atom. The molecule has 1 heterocycles. The first kappa shape index (κ1) is 14.1. The fourth-order valence-corrected chi connectivity index (χ4v) is 2.59. The molecule has 110 valence electrons. The van der Waals surface area contributed by atoms with Crippen molar-refractivity contribution < 1.29 is 0 Å². The molecule has 4 nitrogen and oxygen atoms in total. The van der Waals surface area contributed by atoms with E-state index in [2.05, 4.69) is 9.88 Å². The lowest BCUT2D eigenvalue weighted by Gasteiger charge is -2.22. The summed E-state index contributed by atoms with van der Waals surface area (Å²) in [6.45, 7) is 2.66. The van der Waals surface area contributed by atoms with Gasteiger partial charge in [-0.2, -0.15) is 0 Å². The van der Waals surface area contributed by atoms with Crippen LogP contribution in [0.3, 0.4) is 0 Å². The molecule has 1 saturated carbocycles. The smallest absolute Gasteiger partial charge is 0.137 e. The molecule has 3 rings (SSSR count). The maximum absolute atomic E-state index is 6.23. The van der Waals surface area contributed by atoms with E-state index in [0.717, 1.165) is 40.6 Å². The van der Waals surface area contributed by atoms with E-state index in [4.69, 9.17) is 22.3 Å². The van der Waals surface area contributed by atoms with Crippen molar-refractivity contribution in [1.29, 1.82) is 0 Å². The van der Waals surface area contributed by atoms with Crippen molar-refractivity contribution in [2.45, 2.75) is 32.2 Å². The Labute approximate surface area is 130 Å². The van der Waals surface area contributed by atoms with E-state index in [1.165, 1.54) is 0 Å². The fourth-order valence-electron chi connectivity index (χ4n) is 2.39. The number of nitrogens with two attached hydrogens (primary N) is 1. The van der Waals surface area contributed by atoms with E-state index in [1.807, 2.05) is 38.2 Å². The van der Waals surface area contributed by atoms with Gasteiger partial charge in [0.05, 0.1) is 0 Å². The number of nitrogen functional groups attached to an aromatic ring is 1. The van der Waals surface area contributed by atoms with Crippen LogP contribution in [0.1, 0.15) is 35.7 Å². The molecule has 0 atom stereocenters. The Morgan fingerprint density at radius 3 is 2.67 bits per heavy atom. The number of halogens is 1. The highest BCUT2D eigenvalue weighted by Gasteiger charge is 2.28. The van der Waals surface area contributed by atoms with Crippen molar-refractivity contribution >= 4 is 23.2 Å². The fraction of sp³-hybridized carbons (Fsp3) is 0.375. The zero-order valence-electron chi connectivity index (χ0n) is 12.3. The number of hydrogen-bond acceptors (Lipinski definition) is 4. The van der Waals surface area contributed by atoms with E-state index < -0.39 is 0 Å². The van der Waals surface area contributed by atoms with Gasteiger partial charge in [0.25, 0.3) is 0 Å². The summed E-state index contributed by atoms with van der Waals surface area (Å²) in [6, 6.07) is 7.86. The number of rotatable bonds is 4. The van der Waals surface area contributed by atoms with Crippen LogP contribution in [0.15, 0.2) is 24.3 Å². The summed E-state index contributed by atoms with van der Waals surface area (Å²) in [5, 5.41) is 0.770. The average molecular weight is 303 g/mol. The average Bonchev–Trinajstić information content (AvgIpc) is 3.28. The summed E-state index contributed by atoms with van der Waals surface area (Å²) in [4.78, 5) is 11.2. The molecule has 0 unspecified atom stereocenters. The second-order valence-corrected chi connectivity index (χ2v) is 6.04. The first-order valence-electron chi connectivity index (χ1n) is 7.15. The molecule has 0 radical (unpaired) electrons. The maximum atomic E-state index is 6.23. The molecule has 0 spiro atoms. The SMILES string of the molecule is Cc1c(N)nc(C2CC2)nc1N(C)Cc1ccccc1Cl. The van der Waals surface area contributed by atoms with E-state index >= 15 is 0 Å². The van der Waals surface area contributed by atoms with Gasteiger partial charge in [0.15, 0.2) is 0 Å². The molecule has 0 saturated heterocycles. The van der Waals surface area contributed by atoms with Crippen LogP contribution < -0.4 is 10.6 Å². The van der Waals surface area contributed by atoms with Crippen LogP contribution in [0.25, 0.3) is 0 Å². The summed E-state index contributed by atoms with van der Waals surface area (Å²) in [5.41, 5.74) is 8.04. The first-order valence-corrected chi connectivity index (χ1v) is 7.52. The van der Waals surface area contributed by atoms with Crippen molar-refractivity contribution in [1.82, 2.24) is 9.97 Å². The third-order valence-electron chi connectivity index (χ3n) is 3.84. The Bertz CT molecular complexity index is 667. The quantitative estimate of drug-likeness (QED) is 0.938. The van der Waals surface area contributed by atoms with Crippen molar-refractivity contribution in [2.75, 3.05) is 17.7 Å². The zero-order chi connectivity index (χ0) is 15.0. The standard InChI is InChI=1S/C16H19ClN4/c1-10-14(18)19-15(11-7-8-11)20-16(10)21(2)9-12-5-3-4-6-13(12)17/h3-6,11H,7-9H2,1-2H3,(H2,18,19,20). The maximum Gasteiger partial charge on any atom is 0.137 e. The lowest BCUT2D eigenvalue weighted by Crippen LogP contribution is -2.21. The van der Waals surface area contributed by atoms with Crippen LogP contribution in [0.2, 0.25) is 5.02 Å². The Balaban J connectivity index is 1.90. The normalized spacial score (nSPS) is 14.2. The Hall–Kier alpha value is -1.81. The summed E-state index contributed by atoms with van der Waals surface area (Å²) in [5.74, 6) is 2.83. The van der Waals surface area contributed by atoms with Gasteiger partial charge in [0.2, 0.25) is 0 Å². The van der Waals surface area contributed by atoms with Crippen LogP contribution in [-0.2, 0) is 6.54 Å². The molecular formula is C16H19ClN4. The lowest BCUT2D eigenvalue weighted by atomic mass is 10.2. The number of hydrogen-bond donors (Lipinski definition) is 1. The highest BCUT2D eigenvalue weighted by Crippen LogP contribution is 2.39. The summed E-state index contributed by atoms with van der Waals surface area (Å²) >= 11 is 6.23. The highest BCUT2D eigenvalue weighted by molar-refractivity contribution is 6.31. The molecule has 21 heavy (non-hydrogen) atoms. The van der Waals surface area contributed by atoms with Gasteiger partial charge in [-0.25, -0.2) is 9.97 Å². The topological polar surface area (TPSA) is 55.0 Å². The highest BCUT2D eigenvalue weighted by atomic mass is 35.5. The number of anilines is 2. The molecule has 0 amide bonds. The molecule has 1 aliphatic carbocycles. The molecule has 1 aromatic carbocycles. The second-order valence-electron chi connectivity index (χ2n) is 5.64. The van der Waals surface area contributed by atoms with E-state index in [-0.39, 0.29) is 0 Å². The van der Waals surface area contributed by atoms with Crippen LogP contribution >= 0.6 is 11.6 Å². The third-order valence-corrected chi connectivity index (χ3v) is 4.21. The van der Waals surface area contributed by atoms with E-state index in [1.54, 1.807) is 0 Å². The van der Waals surface area contributed by atoms with E-state index in [9.17, 15) is 0 Å². The van der Waals surface area contributed by atoms with Gasteiger partial charge in [-0.05, 0) is 31.4 Å². The predicted molar refractivity (Wildman–Crippen MR) is 86.7 cm³/mol. The van der Waals surface area contributed by atoms with Gasteiger partial charge in [-0.15, -0.1) is 0 Å². The van der Waals surface area contributed by atoms with Gasteiger partial charge in [-0.3, -0.25) is 0 Å². The molecule has 0 aliphatic heterocycles. The number of aromatic nitrogens is 2. The predicted octanol–water partition coefficient (Wildman–Crippen LogP) is 3.53. The lowest BCUT2D eigenvalue weighted by molar-refractivity contribution is 0.848. The molecule has 0 bridgehead atoms. The Kier molecular flexibility index (Phi) is 3.72. The van der Waals surface area contributed by atoms with Crippen LogP contribution in [0, 0.1) is 6.92 Å². The van der Waals surface area contributed by atoms with Crippen LogP contribution in [-0.4, -0.2) is 17.0 Å². The summed E-state index contributed by atoms with van der Waals surface area (Å²) in [6.07, 6.45) is 2.33. The van der Waals surface area contributed by atoms with Crippen molar-refractivity contribution in [2.24, 2.45) is 0 Å². The zero-order valence-corrected chi connectivity index (χ0v) is 13.1. The largest absolute Gasteiger partial charge is 0.383 e. The van der Waals surface area contributed by atoms with Crippen molar-refractivity contribution in [3.05, 3.63) is 46.2 Å². The molecule has 2 aromatic rings. The van der Waals surface area contributed by atoms with Crippen molar-refractivity contribution in [3.63, 3.8) is 0 Å². The molecule has 1 aliphatic rings. The molecular weight excluding hydrogens is 284 g/mol. The van der Waals surface area contributed by atoms with Gasteiger partial charge >= 0.3 is 0 Å². The number of benzene rings is 1. The van der Waals surface area contributed by atoms with Gasteiger partial charge in [0, 0.05) is 30.1 Å². The van der Waals surface area contributed by atoms with E-state index in [0.29, 0.717) is 18.3 Å². The first-order chi connectivity index (χ1) is 10.1. The molecule has 1 aromatic heterocycles. The minimum atomic E-state index is 0.486. The minimum absolute atomic E-state index is 0.486. The Morgan fingerprint density at radius 2 is 2.00 bits per heavy atom. The van der Waals surface area contributed by atoms with Crippen LogP contribution in [0.4, 0.5) is 11.6 Å². The monoisotopic (exact) mass is 302 g/mol. The molecule has 1 fully saturated rings. The van der Waals surface area contributed by atoms with Crippen molar-refractivity contribution in [3.8, 4) is 0 Å².